The second-order valence-corrected chi connectivity index (χ2v) is 14.5. The van der Waals surface area contributed by atoms with Gasteiger partial charge in [0.2, 0.25) is 10.0 Å². The lowest BCUT2D eigenvalue weighted by molar-refractivity contribution is -0.140. The number of rotatable bonds is 5. The molecule has 0 saturated heterocycles. The zero-order valence-corrected chi connectivity index (χ0v) is 23.7. The lowest BCUT2D eigenvalue weighted by atomic mass is 9.59. The topological polar surface area (TPSA) is 145 Å². The van der Waals surface area contributed by atoms with Crippen molar-refractivity contribution in [3.05, 3.63) is 64.1 Å². The Balaban J connectivity index is 1.42. The number of sulfonamides is 2. The van der Waals surface area contributed by atoms with E-state index in [9.17, 15) is 31.1 Å². The van der Waals surface area contributed by atoms with Crippen LogP contribution in [0.1, 0.15) is 31.2 Å². The van der Waals surface area contributed by atoms with E-state index in [1.54, 1.807) is 11.0 Å². The minimum absolute atomic E-state index is 0.0336. The fourth-order valence-electron chi connectivity index (χ4n) is 6.59. The zero-order valence-electron chi connectivity index (χ0n) is 21.3. The number of halogens is 2. The SMILES string of the molecule is CS(=O)(=O)Nc1ccc2c(c1)S(=O)(=O)N=C(C1=C(O)[C@@H]3C4CCC(CC4)[C@@H]3N(Cc3ccc(F)c(Cl)c3)C1=O)N2. The van der Waals surface area contributed by atoms with Crippen LogP contribution in [0, 0.1) is 23.6 Å². The molecule has 3 aliphatic carbocycles. The molecule has 5 aliphatic rings. The van der Waals surface area contributed by atoms with E-state index in [-0.39, 0.29) is 62.9 Å². The maximum absolute atomic E-state index is 14.1. The summed E-state index contributed by atoms with van der Waals surface area (Å²) >= 11 is 6.01. The second-order valence-electron chi connectivity index (χ2n) is 10.8. The molecule has 40 heavy (non-hydrogen) atoms. The summed E-state index contributed by atoms with van der Waals surface area (Å²) in [7, 11) is -8.03. The minimum Gasteiger partial charge on any atom is -0.511 e. The number of aliphatic hydroxyl groups excluding tert-OH is 1. The number of hydrogen-bond acceptors (Lipinski definition) is 7. The van der Waals surface area contributed by atoms with Gasteiger partial charge in [-0.25, -0.2) is 12.8 Å². The van der Waals surface area contributed by atoms with Gasteiger partial charge in [-0.3, -0.25) is 9.52 Å². The molecule has 3 saturated carbocycles. The van der Waals surface area contributed by atoms with Crippen LogP contribution < -0.4 is 10.0 Å². The lowest BCUT2D eigenvalue weighted by Gasteiger charge is -2.54. The van der Waals surface area contributed by atoms with Crippen molar-refractivity contribution in [3.63, 3.8) is 0 Å². The molecular weight excluding hydrogens is 583 g/mol. The Morgan fingerprint density at radius 3 is 2.52 bits per heavy atom. The van der Waals surface area contributed by atoms with Crippen molar-refractivity contribution >= 4 is 54.8 Å². The van der Waals surface area contributed by atoms with Crippen molar-refractivity contribution in [1.82, 2.24) is 4.90 Å². The van der Waals surface area contributed by atoms with Crippen LogP contribution in [0.15, 0.2) is 57.0 Å². The molecule has 0 spiro atoms. The van der Waals surface area contributed by atoms with Crippen molar-refractivity contribution in [2.45, 2.75) is 43.2 Å². The molecule has 2 aromatic rings. The van der Waals surface area contributed by atoms with E-state index in [0.29, 0.717) is 5.56 Å². The zero-order chi connectivity index (χ0) is 28.6. The molecule has 0 aromatic heterocycles. The molecule has 2 aromatic carbocycles. The average Bonchev–Trinajstić information content (AvgIpc) is 2.88. The number of nitrogens with zero attached hydrogens (tertiary/aromatic N) is 2. The molecule has 1 amide bonds. The number of amides is 1. The first-order valence-electron chi connectivity index (χ1n) is 12.7. The van der Waals surface area contributed by atoms with Crippen molar-refractivity contribution in [2.24, 2.45) is 22.2 Å². The smallest absolute Gasteiger partial charge is 0.286 e. The Labute approximate surface area is 236 Å². The predicted octanol–water partition coefficient (Wildman–Crippen LogP) is 4.02. The number of nitrogens with one attached hydrogen (secondary N) is 2. The first-order valence-corrected chi connectivity index (χ1v) is 16.5. The highest BCUT2D eigenvalue weighted by atomic mass is 35.5. The number of hydrogen-bond donors (Lipinski definition) is 3. The molecule has 212 valence electrons. The lowest BCUT2D eigenvalue weighted by Crippen LogP contribution is -2.60. The third kappa shape index (κ3) is 4.63. The number of fused-ring (bicyclic) bond motifs is 3. The van der Waals surface area contributed by atoms with Gasteiger partial charge in [-0.05, 0) is 73.4 Å². The quantitative estimate of drug-likeness (QED) is 0.465. The molecule has 10 nitrogen and oxygen atoms in total. The van der Waals surface area contributed by atoms with Gasteiger partial charge in [0.25, 0.3) is 15.9 Å². The summed E-state index contributed by atoms with van der Waals surface area (Å²) in [6, 6.07) is 7.81. The Morgan fingerprint density at radius 1 is 1.15 bits per heavy atom. The van der Waals surface area contributed by atoms with E-state index in [1.165, 1.54) is 24.3 Å². The fourth-order valence-corrected chi connectivity index (χ4v) is 8.49. The number of benzene rings is 2. The van der Waals surface area contributed by atoms with Gasteiger partial charge in [0, 0.05) is 24.2 Å². The normalized spacial score (nSPS) is 27.0. The summed E-state index contributed by atoms with van der Waals surface area (Å²) in [6.45, 7) is 0.0944. The highest BCUT2D eigenvalue weighted by Gasteiger charge is 2.54. The number of aliphatic hydroxyl groups is 1. The van der Waals surface area contributed by atoms with Gasteiger partial charge >= 0.3 is 0 Å². The van der Waals surface area contributed by atoms with Crippen molar-refractivity contribution in [2.75, 3.05) is 16.3 Å². The maximum Gasteiger partial charge on any atom is 0.286 e. The Hall–Kier alpha value is -3.16. The number of amidine groups is 1. The summed E-state index contributed by atoms with van der Waals surface area (Å²) in [6.07, 6.45) is 4.52. The van der Waals surface area contributed by atoms with Crippen LogP contribution in [-0.2, 0) is 31.4 Å². The molecule has 2 heterocycles. The molecule has 3 N–H and O–H groups in total. The van der Waals surface area contributed by atoms with Gasteiger partial charge < -0.3 is 15.3 Å². The molecule has 2 atom stereocenters. The summed E-state index contributed by atoms with van der Waals surface area (Å²) in [4.78, 5) is 15.4. The third-order valence-electron chi connectivity index (χ3n) is 8.18. The Morgan fingerprint density at radius 2 is 1.85 bits per heavy atom. The molecule has 2 aliphatic heterocycles. The molecule has 14 heteroatoms. The van der Waals surface area contributed by atoms with Crippen LogP contribution in [0.3, 0.4) is 0 Å². The van der Waals surface area contributed by atoms with Crippen molar-refractivity contribution < 1.29 is 31.1 Å². The predicted molar refractivity (Wildman–Crippen MR) is 147 cm³/mol. The van der Waals surface area contributed by atoms with Crippen LogP contribution in [0.5, 0.6) is 0 Å². The molecule has 2 bridgehead atoms. The number of carbonyl (C=O) groups excluding carboxylic acids is 1. The first kappa shape index (κ1) is 27.0. The maximum atomic E-state index is 14.1. The summed E-state index contributed by atoms with van der Waals surface area (Å²) < 4.78 is 69.6. The van der Waals surface area contributed by atoms with E-state index in [2.05, 4.69) is 14.4 Å². The molecule has 7 rings (SSSR count). The van der Waals surface area contributed by atoms with Gasteiger partial charge in [0.1, 0.15) is 22.0 Å². The largest absolute Gasteiger partial charge is 0.511 e. The van der Waals surface area contributed by atoms with E-state index >= 15 is 0 Å². The first-order chi connectivity index (χ1) is 18.8. The number of anilines is 2. The standard InChI is InChI=1S/C26H26ClFN4O6S2/c1-39(35,36)30-16-7-9-19-20(11-16)40(37,38)31-25(29-19)22-24(33)21-14-3-5-15(6-4-14)23(21)32(26(22)34)12-13-2-8-18(28)17(27)10-13/h2,7-11,14-15,21,23,30,33H,3-6,12H2,1H3,(H,29,31)/t14?,15?,21-,23+/m1/s1. The monoisotopic (exact) mass is 608 g/mol. The van der Waals surface area contributed by atoms with Gasteiger partial charge in [-0.15, -0.1) is 4.40 Å². The van der Waals surface area contributed by atoms with E-state index in [0.717, 1.165) is 38.0 Å². The van der Waals surface area contributed by atoms with Crippen LogP contribution >= 0.6 is 11.6 Å². The van der Waals surface area contributed by atoms with E-state index in [4.69, 9.17) is 11.6 Å². The fraction of sp³-hybridized carbons (Fsp3) is 0.385. The van der Waals surface area contributed by atoms with Crippen LogP contribution in [0.2, 0.25) is 5.02 Å². The van der Waals surface area contributed by atoms with Gasteiger partial charge in [-0.1, -0.05) is 17.7 Å². The summed E-state index contributed by atoms with van der Waals surface area (Å²) in [5, 5.41) is 14.3. The van der Waals surface area contributed by atoms with Crippen LogP contribution in [-0.4, -0.2) is 50.9 Å². The third-order valence-corrected chi connectivity index (χ3v) is 10.4. The Kier molecular flexibility index (Phi) is 6.39. The summed E-state index contributed by atoms with van der Waals surface area (Å²) in [5.41, 5.74) is 0.491. The second kappa shape index (κ2) is 9.45. The molecule has 0 radical (unpaired) electrons. The van der Waals surface area contributed by atoms with Crippen LogP contribution in [0.25, 0.3) is 0 Å². The van der Waals surface area contributed by atoms with E-state index in [1.807, 2.05) is 0 Å². The molecule has 3 fully saturated rings. The highest BCUT2D eigenvalue weighted by Crippen LogP contribution is 2.52. The van der Waals surface area contributed by atoms with Gasteiger partial charge in [-0.2, -0.15) is 8.42 Å². The van der Waals surface area contributed by atoms with Gasteiger partial charge in [0.15, 0.2) is 5.84 Å². The van der Waals surface area contributed by atoms with E-state index < -0.39 is 37.7 Å². The van der Waals surface area contributed by atoms with Crippen molar-refractivity contribution in [3.8, 4) is 0 Å². The highest BCUT2D eigenvalue weighted by molar-refractivity contribution is 7.92. The van der Waals surface area contributed by atoms with Crippen LogP contribution in [0.4, 0.5) is 15.8 Å². The number of carbonyl (C=O) groups is 1. The minimum atomic E-state index is -4.38. The van der Waals surface area contributed by atoms with Crippen molar-refractivity contribution in [1.29, 1.82) is 0 Å². The average molecular weight is 609 g/mol. The summed E-state index contributed by atoms with van der Waals surface area (Å²) in [5.74, 6) is -1.79. The molecule has 0 unspecified atom stereocenters. The molecular formula is C26H26ClFN4O6S2. The Bertz CT molecular complexity index is 1720. The van der Waals surface area contributed by atoms with Gasteiger partial charge in [0.05, 0.1) is 17.0 Å².